The summed E-state index contributed by atoms with van der Waals surface area (Å²) in [4.78, 5) is 1.45. The average molecular weight is 310 g/mol. The second kappa shape index (κ2) is 6.53. The van der Waals surface area contributed by atoms with Crippen molar-refractivity contribution in [2.45, 2.75) is 18.2 Å². The molecule has 1 aromatic heterocycles. The number of hydrogen-bond acceptors (Lipinski definition) is 4. The van der Waals surface area contributed by atoms with Crippen molar-refractivity contribution >= 4 is 44.9 Å². The summed E-state index contributed by atoms with van der Waals surface area (Å²) in [5.74, 6) is 3.94. The first-order valence-corrected chi connectivity index (χ1v) is 9.76. The fourth-order valence-corrected chi connectivity index (χ4v) is 6.00. The SMILES string of the molecule is CC(NCC1CSCCS1)c1cc2ccccc2s1. The lowest BCUT2D eigenvalue weighted by atomic mass is 10.2. The molecule has 2 atom stereocenters. The van der Waals surface area contributed by atoms with Gasteiger partial charge in [-0.25, -0.2) is 0 Å². The molecule has 0 saturated carbocycles. The van der Waals surface area contributed by atoms with E-state index in [4.69, 9.17) is 0 Å². The van der Waals surface area contributed by atoms with Crippen molar-refractivity contribution in [3.8, 4) is 0 Å². The minimum absolute atomic E-state index is 0.463. The van der Waals surface area contributed by atoms with Gasteiger partial charge in [-0.05, 0) is 24.4 Å². The fraction of sp³-hybridized carbons (Fsp3) is 0.467. The van der Waals surface area contributed by atoms with Crippen LogP contribution in [0.5, 0.6) is 0 Å². The molecule has 1 nitrogen and oxygen atoms in total. The third-order valence-corrected chi connectivity index (χ3v) is 7.55. The molecular weight excluding hydrogens is 290 g/mol. The van der Waals surface area contributed by atoms with Crippen LogP contribution >= 0.6 is 34.9 Å². The van der Waals surface area contributed by atoms with Crippen LogP contribution in [0.15, 0.2) is 30.3 Å². The Hall–Kier alpha value is -0.160. The quantitative estimate of drug-likeness (QED) is 0.899. The highest BCUT2D eigenvalue weighted by atomic mass is 32.2. The van der Waals surface area contributed by atoms with Crippen LogP contribution < -0.4 is 5.32 Å². The summed E-state index contributed by atoms with van der Waals surface area (Å²) in [6.07, 6.45) is 0. The number of benzene rings is 1. The summed E-state index contributed by atoms with van der Waals surface area (Å²) in [6, 6.07) is 11.5. The summed E-state index contributed by atoms with van der Waals surface area (Å²) in [6.45, 7) is 3.42. The Morgan fingerprint density at radius 1 is 1.32 bits per heavy atom. The van der Waals surface area contributed by atoms with Crippen LogP contribution in [0.1, 0.15) is 17.8 Å². The van der Waals surface area contributed by atoms with Crippen molar-refractivity contribution in [3.05, 3.63) is 35.2 Å². The highest BCUT2D eigenvalue weighted by Crippen LogP contribution is 2.30. The van der Waals surface area contributed by atoms with Gasteiger partial charge in [-0.3, -0.25) is 0 Å². The number of rotatable bonds is 4. The zero-order valence-corrected chi connectivity index (χ0v) is 13.5. The maximum absolute atomic E-state index is 3.71. The predicted octanol–water partition coefficient (Wildman–Crippen LogP) is 4.40. The fourth-order valence-electron chi connectivity index (χ4n) is 2.28. The normalized spacial score (nSPS) is 21.6. The van der Waals surface area contributed by atoms with Crippen LogP contribution in [0.25, 0.3) is 10.1 Å². The van der Waals surface area contributed by atoms with Gasteiger partial charge >= 0.3 is 0 Å². The Labute approximate surface area is 127 Å². The van der Waals surface area contributed by atoms with E-state index in [9.17, 15) is 0 Å². The molecule has 1 N–H and O–H groups in total. The van der Waals surface area contributed by atoms with E-state index in [1.807, 2.05) is 11.3 Å². The summed E-state index contributed by atoms with van der Waals surface area (Å²) < 4.78 is 1.40. The highest BCUT2D eigenvalue weighted by Gasteiger charge is 2.16. The molecule has 2 heterocycles. The van der Waals surface area contributed by atoms with Gasteiger partial charge in [-0.2, -0.15) is 23.5 Å². The molecule has 2 unspecified atom stereocenters. The van der Waals surface area contributed by atoms with Crippen LogP contribution in [-0.4, -0.2) is 29.1 Å². The largest absolute Gasteiger partial charge is 0.308 e. The minimum atomic E-state index is 0.463. The van der Waals surface area contributed by atoms with Crippen molar-refractivity contribution in [1.29, 1.82) is 0 Å². The van der Waals surface area contributed by atoms with Crippen molar-refractivity contribution in [2.75, 3.05) is 23.8 Å². The van der Waals surface area contributed by atoms with E-state index in [-0.39, 0.29) is 0 Å². The molecule has 19 heavy (non-hydrogen) atoms. The lowest BCUT2D eigenvalue weighted by Crippen LogP contribution is -2.30. The minimum Gasteiger partial charge on any atom is -0.308 e. The van der Waals surface area contributed by atoms with Crippen LogP contribution in [0.4, 0.5) is 0 Å². The lowest BCUT2D eigenvalue weighted by Gasteiger charge is -2.23. The second-order valence-corrected chi connectivity index (χ2v) is 8.56. The van der Waals surface area contributed by atoms with E-state index in [0.29, 0.717) is 6.04 Å². The number of fused-ring (bicyclic) bond motifs is 1. The molecule has 0 radical (unpaired) electrons. The van der Waals surface area contributed by atoms with Gasteiger partial charge in [0.05, 0.1) is 0 Å². The molecule has 3 rings (SSSR count). The molecule has 2 aromatic rings. The Morgan fingerprint density at radius 2 is 2.21 bits per heavy atom. The molecule has 0 aliphatic carbocycles. The molecule has 0 spiro atoms. The molecular formula is C15H19NS3. The predicted molar refractivity (Wildman–Crippen MR) is 91.8 cm³/mol. The summed E-state index contributed by atoms with van der Waals surface area (Å²) in [5.41, 5.74) is 0. The highest BCUT2D eigenvalue weighted by molar-refractivity contribution is 8.06. The van der Waals surface area contributed by atoms with Crippen LogP contribution in [-0.2, 0) is 0 Å². The van der Waals surface area contributed by atoms with Gasteiger partial charge < -0.3 is 5.32 Å². The third-order valence-electron chi connectivity index (χ3n) is 3.41. The molecule has 0 bridgehead atoms. The van der Waals surface area contributed by atoms with Crippen molar-refractivity contribution in [3.63, 3.8) is 0 Å². The van der Waals surface area contributed by atoms with Crippen molar-refractivity contribution in [2.24, 2.45) is 0 Å². The van der Waals surface area contributed by atoms with Crippen LogP contribution in [0, 0.1) is 0 Å². The van der Waals surface area contributed by atoms with E-state index in [2.05, 4.69) is 66.1 Å². The maximum Gasteiger partial charge on any atom is 0.0386 e. The molecule has 1 aromatic carbocycles. The number of thiophene rings is 1. The molecule has 0 amide bonds. The zero-order chi connectivity index (χ0) is 13.1. The smallest absolute Gasteiger partial charge is 0.0386 e. The van der Waals surface area contributed by atoms with E-state index in [1.54, 1.807) is 0 Å². The summed E-state index contributed by atoms with van der Waals surface area (Å²) in [7, 11) is 0. The van der Waals surface area contributed by atoms with Gasteiger partial charge in [0.2, 0.25) is 0 Å². The summed E-state index contributed by atoms with van der Waals surface area (Å²) in [5, 5.41) is 5.87. The topological polar surface area (TPSA) is 12.0 Å². The van der Waals surface area contributed by atoms with Gasteiger partial charge in [-0.1, -0.05) is 18.2 Å². The van der Waals surface area contributed by atoms with E-state index < -0.39 is 0 Å². The van der Waals surface area contributed by atoms with Crippen LogP contribution in [0.2, 0.25) is 0 Å². The Kier molecular flexibility index (Phi) is 4.74. The van der Waals surface area contributed by atoms with Crippen LogP contribution in [0.3, 0.4) is 0 Å². The second-order valence-electron chi connectivity index (χ2n) is 4.88. The molecule has 1 saturated heterocycles. The molecule has 102 valence electrons. The van der Waals surface area contributed by atoms with E-state index >= 15 is 0 Å². The molecule has 4 heteroatoms. The zero-order valence-electron chi connectivity index (χ0n) is 11.1. The van der Waals surface area contributed by atoms with Crippen molar-refractivity contribution < 1.29 is 0 Å². The lowest BCUT2D eigenvalue weighted by molar-refractivity contribution is 0.585. The van der Waals surface area contributed by atoms with Crippen molar-refractivity contribution in [1.82, 2.24) is 5.32 Å². The first-order chi connectivity index (χ1) is 9.33. The molecule has 1 fully saturated rings. The van der Waals surface area contributed by atoms with Gasteiger partial charge in [-0.15, -0.1) is 11.3 Å². The standard InChI is InChI=1S/C15H19NS3/c1-11(16-9-13-10-17-6-7-18-13)15-8-12-4-2-3-5-14(12)19-15/h2-5,8,11,13,16H,6-7,9-10H2,1H3. The third kappa shape index (κ3) is 3.48. The Morgan fingerprint density at radius 3 is 3.00 bits per heavy atom. The van der Waals surface area contributed by atoms with Gasteiger partial charge in [0.25, 0.3) is 0 Å². The average Bonchev–Trinajstić information content (AvgIpc) is 2.90. The summed E-state index contributed by atoms with van der Waals surface area (Å²) >= 11 is 6.14. The molecule has 1 aliphatic rings. The Bertz CT molecular complexity index is 498. The Balaban J connectivity index is 1.61. The number of thioether (sulfide) groups is 2. The maximum atomic E-state index is 3.71. The van der Waals surface area contributed by atoms with Gasteiger partial charge in [0.1, 0.15) is 0 Å². The first kappa shape index (κ1) is 13.8. The van der Waals surface area contributed by atoms with E-state index in [0.717, 1.165) is 11.8 Å². The first-order valence-electron chi connectivity index (χ1n) is 6.74. The van der Waals surface area contributed by atoms with Gasteiger partial charge in [0.15, 0.2) is 0 Å². The van der Waals surface area contributed by atoms with Gasteiger partial charge in [0, 0.05) is 44.7 Å². The van der Waals surface area contributed by atoms with E-state index in [1.165, 1.54) is 32.2 Å². The number of hydrogen-bond donors (Lipinski definition) is 1. The molecule has 1 aliphatic heterocycles. The monoisotopic (exact) mass is 309 g/mol. The number of nitrogens with one attached hydrogen (secondary N) is 1.